The first-order chi connectivity index (χ1) is 10.1. The standard InChI is InChI=1S/C15H11ClN4O/c16-13-11(14(17)18)5-6-19-15(13)21-10-7-9-3-1-2-4-12(9)20-8-10/h1-8H,(H3,17,18). The molecule has 2 aromatic heterocycles. The number of ether oxygens (including phenoxy) is 1. The summed E-state index contributed by atoms with van der Waals surface area (Å²) >= 11 is 6.14. The number of halogens is 1. The lowest BCUT2D eigenvalue weighted by Gasteiger charge is -2.09. The Bertz CT molecular complexity index is 835. The Morgan fingerprint density at radius 3 is 2.81 bits per heavy atom. The first kappa shape index (κ1) is 13.3. The number of hydrogen-bond donors (Lipinski definition) is 2. The summed E-state index contributed by atoms with van der Waals surface area (Å²) in [5.74, 6) is 0.578. The summed E-state index contributed by atoms with van der Waals surface area (Å²) in [7, 11) is 0. The third-order valence-electron chi connectivity index (χ3n) is 2.93. The van der Waals surface area contributed by atoms with Crippen molar-refractivity contribution in [1.29, 1.82) is 5.41 Å². The fourth-order valence-corrected chi connectivity index (χ4v) is 2.17. The van der Waals surface area contributed by atoms with Crippen molar-refractivity contribution in [2.45, 2.75) is 0 Å². The number of benzene rings is 1. The van der Waals surface area contributed by atoms with Gasteiger partial charge in [-0.1, -0.05) is 29.8 Å². The highest BCUT2D eigenvalue weighted by Crippen LogP contribution is 2.30. The Balaban J connectivity index is 1.98. The molecule has 0 aliphatic rings. The first-order valence-corrected chi connectivity index (χ1v) is 6.54. The normalized spacial score (nSPS) is 10.5. The molecule has 0 spiro atoms. The van der Waals surface area contributed by atoms with Gasteiger partial charge in [-0.3, -0.25) is 10.4 Å². The average Bonchev–Trinajstić information content (AvgIpc) is 2.49. The number of amidine groups is 1. The molecular formula is C15H11ClN4O. The van der Waals surface area contributed by atoms with E-state index < -0.39 is 0 Å². The van der Waals surface area contributed by atoms with E-state index in [2.05, 4.69) is 9.97 Å². The van der Waals surface area contributed by atoms with E-state index in [-0.39, 0.29) is 16.7 Å². The molecule has 2 heterocycles. The molecule has 0 unspecified atom stereocenters. The zero-order chi connectivity index (χ0) is 14.8. The van der Waals surface area contributed by atoms with E-state index in [9.17, 15) is 0 Å². The van der Waals surface area contributed by atoms with Gasteiger partial charge >= 0.3 is 0 Å². The number of aromatic nitrogens is 2. The number of nitrogens with two attached hydrogens (primary N) is 1. The quantitative estimate of drug-likeness (QED) is 0.573. The van der Waals surface area contributed by atoms with Crippen LogP contribution in [0.25, 0.3) is 10.9 Å². The van der Waals surface area contributed by atoms with Crippen molar-refractivity contribution in [2.75, 3.05) is 0 Å². The average molecular weight is 299 g/mol. The molecule has 0 bridgehead atoms. The predicted octanol–water partition coefficient (Wildman–Crippen LogP) is 3.36. The summed E-state index contributed by atoms with van der Waals surface area (Å²) in [6.07, 6.45) is 3.09. The minimum absolute atomic E-state index is 0.135. The van der Waals surface area contributed by atoms with Crippen LogP contribution in [0.2, 0.25) is 5.02 Å². The van der Waals surface area contributed by atoms with Crippen LogP contribution in [0, 0.1) is 5.41 Å². The van der Waals surface area contributed by atoms with Crippen molar-refractivity contribution in [3.05, 3.63) is 59.4 Å². The third kappa shape index (κ3) is 2.64. The van der Waals surface area contributed by atoms with Crippen LogP contribution in [-0.4, -0.2) is 15.8 Å². The minimum atomic E-state index is -0.135. The maximum absolute atomic E-state index is 7.46. The van der Waals surface area contributed by atoms with Crippen LogP contribution < -0.4 is 10.5 Å². The monoisotopic (exact) mass is 298 g/mol. The Labute approximate surface area is 125 Å². The second kappa shape index (κ2) is 5.38. The lowest BCUT2D eigenvalue weighted by Crippen LogP contribution is -2.12. The summed E-state index contributed by atoms with van der Waals surface area (Å²) in [5.41, 5.74) is 6.72. The number of para-hydroxylation sites is 1. The van der Waals surface area contributed by atoms with Crippen LogP contribution >= 0.6 is 11.6 Å². The van der Waals surface area contributed by atoms with Gasteiger partial charge < -0.3 is 10.5 Å². The molecule has 6 heteroatoms. The van der Waals surface area contributed by atoms with Gasteiger partial charge in [-0.2, -0.15) is 0 Å². The molecule has 104 valence electrons. The van der Waals surface area contributed by atoms with Crippen molar-refractivity contribution in [2.24, 2.45) is 5.73 Å². The van der Waals surface area contributed by atoms with Gasteiger partial charge in [-0.05, 0) is 18.2 Å². The maximum Gasteiger partial charge on any atom is 0.238 e. The minimum Gasteiger partial charge on any atom is -0.436 e. The second-order valence-corrected chi connectivity index (χ2v) is 4.74. The molecule has 0 radical (unpaired) electrons. The van der Waals surface area contributed by atoms with Gasteiger partial charge in [0.2, 0.25) is 5.88 Å². The first-order valence-electron chi connectivity index (χ1n) is 6.16. The molecule has 21 heavy (non-hydrogen) atoms. The van der Waals surface area contributed by atoms with Crippen LogP contribution in [0.1, 0.15) is 5.56 Å². The van der Waals surface area contributed by atoms with Crippen LogP contribution in [0.4, 0.5) is 0 Å². The molecule has 0 saturated heterocycles. The summed E-state index contributed by atoms with van der Waals surface area (Å²) in [5, 5.41) is 8.62. The molecule has 0 fully saturated rings. The molecule has 0 saturated carbocycles. The zero-order valence-electron chi connectivity index (χ0n) is 10.9. The number of rotatable bonds is 3. The van der Waals surface area contributed by atoms with Gasteiger partial charge in [-0.15, -0.1) is 0 Å². The lowest BCUT2D eigenvalue weighted by atomic mass is 10.2. The maximum atomic E-state index is 7.46. The molecule has 0 aliphatic heterocycles. The number of nitrogens with zero attached hydrogens (tertiary/aromatic N) is 2. The molecule has 1 aromatic carbocycles. The zero-order valence-corrected chi connectivity index (χ0v) is 11.6. The van der Waals surface area contributed by atoms with Gasteiger partial charge in [0.25, 0.3) is 0 Å². The van der Waals surface area contributed by atoms with Gasteiger partial charge in [0.1, 0.15) is 16.6 Å². The van der Waals surface area contributed by atoms with Gasteiger partial charge in [0.05, 0.1) is 11.7 Å². The van der Waals surface area contributed by atoms with E-state index in [1.807, 2.05) is 30.3 Å². The van der Waals surface area contributed by atoms with Crippen LogP contribution in [0.3, 0.4) is 0 Å². The molecule has 5 nitrogen and oxygen atoms in total. The molecule has 0 atom stereocenters. The molecule has 0 amide bonds. The Hall–Kier alpha value is -2.66. The van der Waals surface area contributed by atoms with E-state index >= 15 is 0 Å². The Morgan fingerprint density at radius 1 is 1.19 bits per heavy atom. The summed E-state index contributed by atoms with van der Waals surface area (Å²) in [6, 6.07) is 11.1. The van der Waals surface area contributed by atoms with Crippen molar-refractivity contribution < 1.29 is 4.74 Å². The second-order valence-electron chi connectivity index (χ2n) is 4.36. The highest BCUT2D eigenvalue weighted by molar-refractivity contribution is 6.35. The van der Waals surface area contributed by atoms with Crippen molar-refractivity contribution in [3.8, 4) is 11.6 Å². The summed E-state index contributed by atoms with van der Waals surface area (Å²) < 4.78 is 5.65. The van der Waals surface area contributed by atoms with E-state index in [0.29, 0.717) is 11.3 Å². The molecule has 3 rings (SSSR count). The van der Waals surface area contributed by atoms with Crippen LogP contribution in [0.15, 0.2) is 48.8 Å². The number of pyridine rings is 2. The Kier molecular flexibility index (Phi) is 3.41. The van der Waals surface area contributed by atoms with Gasteiger partial charge in [0.15, 0.2) is 0 Å². The molecular weight excluding hydrogens is 288 g/mol. The lowest BCUT2D eigenvalue weighted by molar-refractivity contribution is 0.462. The number of nitrogen functional groups attached to an aromatic ring is 1. The topological polar surface area (TPSA) is 84.9 Å². The van der Waals surface area contributed by atoms with E-state index in [0.717, 1.165) is 10.9 Å². The summed E-state index contributed by atoms with van der Waals surface area (Å²) in [4.78, 5) is 8.36. The van der Waals surface area contributed by atoms with Crippen LogP contribution in [0.5, 0.6) is 11.6 Å². The Morgan fingerprint density at radius 2 is 2.00 bits per heavy atom. The van der Waals surface area contributed by atoms with E-state index in [1.165, 1.54) is 6.20 Å². The van der Waals surface area contributed by atoms with Crippen molar-refractivity contribution in [1.82, 2.24) is 9.97 Å². The van der Waals surface area contributed by atoms with Gasteiger partial charge in [0, 0.05) is 17.1 Å². The largest absolute Gasteiger partial charge is 0.436 e. The van der Waals surface area contributed by atoms with E-state index in [4.69, 9.17) is 27.5 Å². The smallest absolute Gasteiger partial charge is 0.238 e. The van der Waals surface area contributed by atoms with Crippen molar-refractivity contribution >= 4 is 28.3 Å². The highest BCUT2D eigenvalue weighted by Gasteiger charge is 2.12. The fourth-order valence-electron chi connectivity index (χ4n) is 1.92. The third-order valence-corrected chi connectivity index (χ3v) is 3.29. The highest BCUT2D eigenvalue weighted by atomic mass is 35.5. The predicted molar refractivity (Wildman–Crippen MR) is 82.1 cm³/mol. The number of nitrogens with one attached hydrogen (secondary N) is 1. The molecule has 0 aliphatic carbocycles. The van der Waals surface area contributed by atoms with Crippen molar-refractivity contribution in [3.63, 3.8) is 0 Å². The molecule has 3 N–H and O–H groups in total. The SMILES string of the molecule is N=C(N)c1ccnc(Oc2cnc3ccccc3c2)c1Cl. The summed E-state index contributed by atoms with van der Waals surface area (Å²) in [6.45, 7) is 0. The van der Waals surface area contributed by atoms with Gasteiger partial charge in [-0.25, -0.2) is 4.98 Å². The van der Waals surface area contributed by atoms with Crippen LogP contribution in [-0.2, 0) is 0 Å². The number of fused-ring (bicyclic) bond motifs is 1. The number of hydrogen-bond acceptors (Lipinski definition) is 4. The van der Waals surface area contributed by atoms with E-state index in [1.54, 1.807) is 12.3 Å². The fraction of sp³-hybridized carbons (Fsp3) is 0. The molecule has 3 aromatic rings.